The summed E-state index contributed by atoms with van der Waals surface area (Å²) in [6, 6.07) is 0. The van der Waals surface area contributed by atoms with Gasteiger partial charge in [0.2, 0.25) is 0 Å². The summed E-state index contributed by atoms with van der Waals surface area (Å²) in [7, 11) is 0. The van der Waals surface area contributed by atoms with Gasteiger partial charge in [0.15, 0.2) is 0 Å². The summed E-state index contributed by atoms with van der Waals surface area (Å²) in [5.41, 5.74) is 6.45. The molecule has 6 nitrogen and oxygen atoms in total. The maximum atomic E-state index is 12.7. The van der Waals surface area contributed by atoms with Gasteiger partial charge in [-0.3, -0.25) is 4.79 Å². The Morgan fingerprint density at radius 3 is 2.68 bits per heavy atom. The first-order valence-corrected chi connectivity index (χ1v) is 8.20. The van der Waals surface area contributed by atoms with Gasteiger partial charge in [0, 0.05) is 13.1 Å². The minimum atomic E-state index is -0.675. The topological polar surface area (TPSA) is 84.4 Å². The second-order valence-electron chi connectivity index (χ2n) is 7.18. The van der Waals surface area contributed by atoms with Crippen LogP contribution in [0.3, 0.4) is 0 Å². The molecule has 2 saturated heterocycles. The number of aromatic nitrogens is 1. The molecule has 0 radical (unpaired) electrons. The lowest BCUT2D eigenvalue weighted by atomic mass is 9.83. The van der Waals surface area contributed by atoms with Gasteiger partial charge in [-0.05, 0) is 58.0 Å². The number of nitrogens with one attached hydrogen (secondary N) is 1. The van der Waals surface area contributed by atoms with Crippen molar-refractivity contribution in [2.45, 2.75) is 38.6 Å². The van der Waals surface area contributed by atoms with E-state index in [4.69, 9.17) is 10.3 Å². The third-order valence-corrected chi connectivity index (χ3v) is 5.00. The summed E-state index contributed by atoms with van der Waals surface area (Å²) in [4.78, 5) is 14.6. The van der Waals surface area contributed by atoms with Crippen LogP contribution in [0.15, 0.2) is 10.8 Å². The van der Waals surface area contributed by atoms with Gasteiger partial charge < -0.3 is 20.5 Å². The highest BCUT2D eigenvalue weighted by atomic mass is 16.5. The van der Waals surface area contributed by atoms with Crippen LogP contribution in [-0.2, 0) is 5.54 Å². The fourth-order valence-electron chi connectivity index (χ4n) is 3.68. The molecule has 22 heavy (non-hydrogen) atoms. The van der Waals surface area contributed by atoms with Crippen molar-refractivity contribution in [3.63, 3.8) is 0 Å². The Balaban J connectivity index is 1.64. The molecule has 1 unspecified atom stereocenters. The fraction of sp³-hybridized carbons (Fsp3) is 0.750. The van der Waals surface area contributed by atoms with Crippen LogP contribution in [0.1, 0.15) is 49.2 Å². The van der Waals surface area contributed by atoms with Crippen molar-refractivity contribution in [3.05, 3.63) is 17.5 Å². The molecule has 6 heteroatoms. The van der Waals surface area contributed by atoms with Crippen molar-refractivity contribution in [2.24, 2.45) is 17.6 Å². The van der Waals surface area contributed by atoms with E-state index in [-0.39, 0.29) is 5.91 Å². The largest absolute Gasteiger partial charge is 0.364 e. The maximum absolute atomic E-state index is 12.7. The predicted octanol–water partition coefficient (Wildman–Crippen LogP) is 1.33. The van der Waals surface area contributed by atoms with Gasteiger partial charge in [0.1, 0.15) is 17.5 Å². The average molecular weight is 306 g/mol. The Hall–Kier alpha value is -1.40. The van der Waals surface area contributed by atoms with Gasteiger partial charge in [-0.15, -0.1) is 0 Å². The molecule has 3 N–H and O–H groups in total. The van der Waals surface area contributed by atoms with Gasteiger partial charge in [-0.1, -0.05) is 5.16 Å². The molecule has 1 aromatic heterocycles. The van der Waals surface area contributed by atoms with Crippen LogP contribution in [0.2, 0.25) is 0 Å². The Labute approximate surface area is 131 Å². The zero-order valence-corrected chi connectivity index (χ0v) is 13.5. The van der Waals surface area contributed by atoms with E-state index < -0.39 is 5.54 Å². The summed E-state index contributed by atoms with van der Waals surface area (Å²) in [5.74, 6) is 1.52. The first-order chi connectivity index (χ1) is 10.5. The summed E-state index contributed by atoms with van der Waals surface area (Å²) >= 11 is 0. The van der Waals surface area contributed by atoms with E-state index in [1.54, 1.807) is 0 Å². The van der Waals surface area contributed by atoms with Crippen LogP contribution in [0.25, 0.3) is 0 Å². The zero-order valence-electron chi connectivity index (χ0n) is 13.5. The number of amides is 1. The smallest absolute Gasteiger partial charge is 0.259 e. The number of nitrogens with two attached hydrogens (primary N) is 1. The van der Waals surface area contributed by atoms with E-state index in [2.05, 4.69) is 10.5 Å². The lowest BCUT2D eigenvalue weighted by Gasteiger charge is -2.34. The summed E-state index contributed by atoms with van der Waals surface area (Å²) in [6.07, 6.45) is 4.88. The molecule has 2 fully saturated rings. The molecule has 1 aromatic rings. The Morgan fingerprint density at radius 2 is 2.09 bits per heavy atom. The van der Waals surface area contributed by atoms with Crippen molar-refractivity contribution in [1.29, 1.82) is 0 Å². The van der Waals surface area contributed by atoms with Crippen LogP contribution in [0, 0.1) is 11.8 Å². The Bertz CT molecular complexity index is 520. The van der Waals surface area contributed by atoms with E-state index >= 15 is 0 Å². The molecule has 1 amide bonds. The van der Waals surface area contributed by atoms with Crippen molar-refractivity contribution in [3.8, 4) is 0 Å². The molecule has 1 atom stereocenters. The van der Waals surface area contributed by atoms with Crippen LogP contribution in [0.5, 0.6) is 0 Å². The number of hydrogen-bond donors (Lipinski definition) is 2. The third-order valence-electron chi connectivity index (χ3n) is 5.00. The van der Waals surface area contributed by atoms with Crippen molar-refractivity contribution >= 4 is 5.91 Å². The number of carbonyl (C=O) groups excluding carboxylic acids is 1. The highest BCUT2D eigenvalue weighted by molar-refractivity contribution is 5.95. The lowest BCUT2D eigenvalue weighted by Crippen LogP contribution is -2.41. The molecular weight excluding hydrogens is 280 g/mol. The van der Waals surface area contributed by atoms with Crippen LogP contribution < -0.4 is 11.1 Å². The molecule has 3 heterocycles. The molecule has 0 saturated carbocycles. The molecule has 2 aliphatic heterocycles. The second kappa shape index (κ2) is 6.01. The number of carbonyl (C=O) groups is 1. The van der Waals surface area contributed by atoms with E-state index in [1.165, 1.54) is 12.7 Å². The molecule has 0 aliphatic carbocycles. The van der Waals surface area contributed by atoms with Crippen molar-refractivity contribution in [2.75, 3.05) is 26.2 Å². The summed E-state index contributed by atoms with van der Waals surface area (Å²) in [5, 5.41) is 7.36. The zero-order chi connectivity index (χ0) is 15.7. The van der Waals surface area contributed by atoms with Crippen molar-refractivity contribution in [1.82, 2.24) is 15.4 Å². The summed E-state index contributed by atoms with van der Waals surface area (Å²) < 4.78 is 5.00. The van der Waals surface area contributed by atoms with Crippen LogP contribution in [0.4, 0.5) is 0 Å². The minimum Gasteiger partial charge on any atom is -0.364 e. The highest BCUT2D eigenvalue weighted by Gasteiger charge is 2.33. The lowest BCUT2D eigenvalue weighted by molar-refractivity contribution is 0.0660. The molecule has 0 spiro atoms. The van der Waals surface area contributed by atoms with E-state index in [0.29, 0.717) is 11.3 Å². The standard InChI is InChI=1S/C16H26N4O2/c1-16(2,17)14-13(10-22-19-14)15(21)20-7-4-11(5-8-20)12-3-6-18-9-12/h10-12,18H,3-9,17H2,1-2H3. The van der Waals surface area contributed by atoms with Gasteiger partial charge >= 0.3 is 0 Å². The van der Waals surface area contributed by atoms with Crippen LogP contribution >= 0.6 is 0 Å². The van der Waals surface area contributed by atoms with Crippen molar-refractivity contribution < 1.29 is 9.32 Å². The minimum absolute atomic E-state index is 0.00206. The van der Waals surface area contributed by atoms with Crippen LogP contribution in [-0.4, -0.2) is 42.1 Å². The number of likely N-dealkylation sites (tertiary alicyclic amines) is 1. The van der Waals surface area contributed by atoms with Gasteiger partial charge in [0.25, 0.3) is 5.91 Å². The molecule has 0 bridgehead atoms. The molecular formula is C16H26N4O2. The first-order valence-electron chi connectivity index (χ1n) is 8.20. The number of piperidine rings is 1. The quantitative estimate of drug-likeness (QED) is 0.880. The third kappa shape index (κ3) is 3.03. The number of nitrogens with zero attached hydrogens (tertiary/aromatic N) is 2. The summed E-state index contributed by atoms with van der Waals surface area (Å²) in [6.45, 7) is 7.57. The monoisotopic (exact) mass is 306 g/mol. The van der Waals surface area contributed by atoms with Gasteiger partial charge in [0.05, 0.1) is 5.54 Å². The molecule has 2 aliphatic rings. The number of rotatable bonds is 3. The predicted molar refractivity (Wildman–Crippen MR) is 83.3 cm³/mol. The normalized spacial score (nSPS) is 24.0. The average Bonchev–Trinajstić information content (AvgIpc) is 3.17. The molecule has 122 valence electrons. The Morgan fingerprint density at radius 1 is 1.36 bits per heavy atom. The second-order valence-corrected chi connectivity index (χ2v) is 7.18. The Kier molecular flexibility index (Phi) is 4.23. The van der Waals surface area contributed by atoms with E-state index in [0.717, 1.165) is 50.9 Å². The van der Waals surface area contributed by atoms with Gasteiger partial charge in [-0.25, -0.2) is 0 Å². The van der Waals surface area contributed by atoms with E-state index in [9.17, 15) is 4.79 Å². The van der Waals surface area contributed by atoms with E-state index in [1.807, 2.05) is 18.7 Å². The molecule has 0 aromatic carbocycles. The molecule has 3 rings (SSSR count). The first kappa shape index (κ1) is 15.5. The SMILES string of the molecule is CC(C)(N)c1nocc1C(=O)N1CCC(C2CCNC2)CC1. The number of hydrogen-bond acceptors (Lipinski definition) is 5. The highest BCUT2D eigenvalue weighted by Crippen LogP contribution is 2.30. The van der Waals surface area contributed by atoms with Gasteiger partial charge in [-0.2, -0.15) is 0 Å². The fourth-order valence-corrected chi connectivity index (χ4v) is 3.68. The maximum Gasteiger partial charge on any atom is 0.259 e.